The molecule has 1 aliphatic rings. The molecule has 0 spiro atoms. The molecule has 1 saturated heterocycles. The Labute approximate surface area is 119 Å². The summed E-state index contributed by atoms with van der Waals surface area (Å²) in [6, 6.07) is 7.02. The highest BCUT2D eigenvalue weighted by molar-refractivity contribution is 5.95. The zero-order valence-electron chi connectivity index (χ0n) is 11.8. The Balaban J connectivity index is 2.03. The highest BCUT2D eigenvalue weighted by atomic mass is 16.2. The molecule has 0 atom stereocenters. The molecule has 108 valence electrons. The first kappa shape index (κ1) is 14.4. The number of amides is 2. The molecule has 2 N–H and O–H groups in total. The van der Waals surface area contributed by atoms with Gasteiger partial charge in [0.15, 0.2) is 0 Å². The van der Waals surface area contributed by atoms with Gasteiger partial charge in [-0.2, -0.15) is 0 Å². The van der Waals surface area contributed by atoms with Crippen molar-refractivity contribution < 1.29 is 9.59 Å². The minimum Gasteiger partial charge on any atom is -0.399 e. The number of nitrogens with two attached hydrogens (primary N) is 1. The number of anilines is 1. The highest BCUT2D eigenvalue weighted by Gasteiger charge is 2.22. The van der Waals surface area contributed by atoms with Crippen LogP contribution in [-0.4, -0.2) is 47.8 Å². The van der Waals surface area contributed by atoms with Gasteiger partial charge >= 0.3 is 0 Å². The van der Waals surface area contributed by atoms with Gasteiger partial charge in [0.05, 0.1) is 0 Å². The molecule has 1 aromatic carbocycles. The number of benzene rings is 1. The molecule has 5 nitrogen and oxygen atoms in total. The van der Waals surface area contributed by atoms with Crippen LogP contribution >= 0.6 is 0 Å². The highest BCUT2D eigenvalue weighted by Crippen LogP contribution is 2.12. The van der Waals surface area contributed by atoms with Crippen LogP contribution in [0.1, 0.15) is 30.1 Å². The van der Waals surface area contributed by atoms with Crippen LogP contribution in [0.3, 0.4) is 0 Å². The van der Waals surface area contributed by atoms with Gasteiger partial charge in [0.1, 0.15) is 0 Å². The maximum Gasteiger partial charge on any atom is 0.253 e. The van der Waals surface area contributed by atoms with E-state index in [4.69, 9.17) is 5.73 Å². The molecule has 5 heteroatoms. The first-order valence-corrected chi connectivity index (χ1v) is 7.04. The van der Waals surface area contributed by atoms with E-state index in [0.29, 0.717) is 37.3 Å². The summed E-state index contributed by atoms with van der Waals surface area (Å²) >= 11 is 0. The maximum absolute atomic E-state index is 12.4. The number of rotatable bonds is 2. The molecule has 1 fully saturated rings. The van der Waals surface area contributed by atoms with Crippen molar-refractivity contribution in [3.8, 4) is 0 Å². The van der Waals surface area contributed by atoms with Gasteiger partial charge in [0.2, 0.25) is 5.91 Å². The molecule has 1 heterocycles. The summed E-state index contributed by atoms with van der Waals surface area (Å²) < 4.78 is 0. The second-order valence-corrected chi connectivity index (χ2v) is 5.01. The van der Waals surface area contributed by atoms with Crippen molar-refractivity contribution in [1.29, 1.82) is 0 Å². The van der Waals surface area contributed by atoms with Gasteiger partial charge in [-0.1, -0.05) is 13.0 Å². The van der Waals surface area contributed by atoms with Crippen molar-refractivity contribution in [2.24, 2.45) is 0 Å². The minimum atomic E-state index is -0.0110. The number of carbonyl (C=O) groups excluding carboxylic acids is 2. The van der Waals surface area contributed by atoms with E-state index in [0.717, 1.165) is 13.0 Å². The van der Waals surface area contributed by atoms with E-state index in [2.05, 4.69) is 0 Å². The summed E-state index contributed by atoms with van der Waals surface area (Å²) in [5, 5.41) is 0. The van der Waals surface area contributed by atoms with E-state index in [-0.39, 0.29) is 11.8 Å². The number of nitrogen functional groups attached to an aromatic ring is 1. The molecule has 20 heavy (non-hydrogen) atoms. The van der Waals surface area contributed by atoms with Crippen LogP contribution in [0, 0.1) is 0 Å². The fourth-order valence-electron chi connectivity index (χ4n) is 2.45. The van der Waals surface area contributed by atoms with E-state index in [1.54, 1.807) is 29.2 Å². The predicted octanol–water partition coefficient (Wildman–Crippen LogP) is 1.35. The zero-order valence-corrected chi connectivity index (χ0v) is 11.8. The van der Waals surface area contributed by atoms with Crippen LogP contribution in [0.4, 0.5) is 5.69 Å². The lowest BCUT2D eigenvalue weighted by atomic mass is 10.1. The average Bonchev–Trinajstić information content (AvgIpc) is 2.71. The zero-order chi connectivity index (χ0) is 14.5. The summed E-state index contributed by atoms with van der Waals surface area (Å²) in [5.41, 5.74) is 6.92. The van der Waals surface area contributed by atoms with Crippen molar-refractivity contribution >= 4 is 17.5 Å². The first-order chi connectivity index (χ1) is 9.61. The van der Waals surface area contributed by atoms with Crippen molar-refractivity contribution in [3.63, 3.8) is 0 Å². The van der Waals surface area contributed by atoms with E-state index in [1.807, 2.05) is 11.8 Å². The second kappa shape index (κ2) is 6.41. The minimum absolute atomic E-state index is 0.0110. The Morgan fingerprint density at radius 3 is 2.55 bits per heavy atom. The fraction of sp³-hybridized carbons (Fsp3) is 0.467. The molecule has 0 bridgehead atoms. The molecular formula is C15H21N3O2. The quantitative estimate of drug-likeness (QED) is 0.829. The Bertz CT molecular complexity index is 502. The molecule has 2 rings (SSSR count). The number of hydrogen-bond acceptors (Lipinski definition) is 3. The van der Waals surface area contributed by atoms with Crippen LogP contribution in [0.25, 0.3) is 0 Å². The standard InChI is InChI=1S/C15H21N3O2/c1-2-14(19)17-7-4-8-18(10-9-17)15(20)12-5-3-6-13(16)11-12/h3,5-6,11H,2,4,7-10,16H2,1H3. The molecule has 0 aromatic heterocycles. The summed E-state index contributed by atoms with van der Waals surface area (Å²) in [4.78, 5) is 27.8. The Hall–Kier alpha value is -2.04. The smallest absolute Gasteiger partial charge is 0.253 e. The third-order valence-corrected chi connectivity index (χ3v) is 3.57. The van der Waals surface area contributed by atoms with Gasteiger partial charge < -0.3 is 15.5 Å². The van der Waals surface area contributed by atoms with Gasteiger partial charge in [-0.15, -0.1) is 0 Å². The molecule has 0 saturated carbocycles. The lowest BCUT2D eigenvalue weighted by Gasteiger charge is -2.22. The van der Waals surface area contributed by atoms with Crippen molar-refractivity contribution in [2.75, 3.05) is 31.9 Å². The number of nitrogens with zero attached hydrogens (tertiary/aromatic N) is 2. The third kappa shape index (κ3) is 3.29. The summed E-state index contributed by atoms with van der Waals surface area (Å²) in [7, 11) is 0. The van der Waals surface area contributed by atoms with Crippen molar-refractivity contribution in [1.82, 2.24) is 9.80 Å². The van der Waals surface area contributed by atoms with Crippen molar-refractivity contribution in [3.05, 3.63) is 29.8 Å². The summed E-state index contributed by atoms with van der Waals surface area (Å²) in [6.45, 7) is 4.47. The third-order valence-electron chi connectivity index (χ3n) is 3.57. The van der Waals surface area contributed by atoms with Crippen LogP contribution in [0.15, 0.2) is 24.3 Å². The van der Waals surface area contributed by atoms with Crippen molar-refractivity contribution in [2.45, 2.75) is 19.8 Å². The Morgan fingerprint density at radius 1 is 1.15 bits per heavy atom. The molecule has 1 aliphatic heterocycles. The van der Waals surface area contributed by atoms with Crippen LogP contribution in [0.2, 0.25) is 0 Å². The number of carbonyl (C=O) groups is 2. The van der Waals surface area contributed by atoms with E-state index < -0.39 is 0 Å². The SMILES string of the molecule is CCC(=O)N1CCCN(C(=O)c2cccc(N)c2)CC1. The Morgan fingerprint density at radius 2 is 1.85 bits per heavy atom. The molecular weight excluding hydrogens is 254 g/mol. The molecule has 1 aromatic rings. The van der Waals surface area contributed by atoms with Gasteiger partial charge in [0, 0.05) is 43.9 Å². The van der Waals surface area contributed by atoms with Gasteiger partial charge in [-0.25, -0.2) is 0 Å². The molecule has 0 radical (unpaired) electrons. The summed E-state index contributed by atoms with van der Waals surface area (Å²) in [5.74, 6) is 0.145. The van der Waals surface area contributed by atoms with E-state index in [9.17, 15) is 9.59 Å². The second-order valence-electron chi connectivity index (χ2n) is 5.01. The van der Waals surface area contributed by atoms with E-state index in [1.165, 1.54) is 0 Å². The lowest BCUT2D eigenvalue weighted by molar-refractivity contribution is -0.130. The molecule has 2 amide bonds. The molecule has 0 aliphatic carbocycles. The van der Waals surface area contributed by atoms with Gasteiger partial charge in [-0.3, -0.25) is 9.59 Å². The topological polar surface area (TPSA) is 66.6 Å². The first-order valence-electron chi connectivity index (χ1n) is 7.04. The van der Waals surface area contributed by atoms with Gasteiger partial charge in [0.25, 0.3) is 5.91 Å². The molecule has 0 unspecified atom stereocenters. The average molecular weight is 275 g/mol. The lowest BCUT2D eigenvalue weighted by Crippen LogP contribution is -2.37. The monoisotopic (exact) mass is 275 g/mol. The largest absolute Gasteiger partial charge is 0.399 e. The number of hydrogen-bond donors (Lipinski definition) is 1. The predicted molar refractivity (Wildman–Crippen MR) is 78.2 cm³/mol. The van der Waals surface area contributed by atoms with Crippen LogP contribution in [0.5, 0.6) is 0 Å². The van der Waals surface area contributed by atoms with Crippen LogP contribution < -0.4 is 5.73 Å². The van der Waals surface area contributed by atoms with Crippen LogP contribution in [-0.2, 0) is 4.79 Å². The summed E-state index contributed by atoms with van der Waals surface area (Å²) in [6.07, 6.45) is 1.34. The fourth-order valence-corrected chi connectivity index (χ4v) is 2.45. The van der Waals surface area contributed by atoms with Gasteiger partial charge in [-0.05, 0) is 24.6 Å². The Kier molecular flexibility index (Phi) is 4.61. The maximum atomic E-state index is 12.4. The van der Waals surface area contributed by atoms with E-state index >= 15 is 0 Å². The normalized spacial score (nSPS) is 15.8.